The topological polar surface area (TPSA) is 72.5 Å². The average molecular weight is 322 g/mol. The van der Waals surface area contributed by atoms with E-state index in [-0.39, 0.29) is 34.9 Å². The first-order valence-corrected chi connectivity index (χ1v) is 8.13. The minimum atomic E-state index is -3.04. The average Bonchev–Trinajstić information content (AvgIpc) is 2.67. The van der Waals surface area contributed by atoms with Crippen LogP contribution in [0.2, 0.25) is 5.02 Å². The first kappa shape index (κ1) is 15.1. The molecule has 1 N–H and O–H groups in total. The Morgan fingerprint density at radius 3 is 2.85 bits per heavy atom. The number of hydrogen-bond donors (Lipinski definition) is 1. The van der Waals surface area contributed by atoms with Crippen LogP contribution in [0.1, 0.15) is 6.42 Å². The maximum Gasteiger partial charge on any atom is 0.258 e. The van der Waals surface area contributed by atoms with Crippen LogP contribution in [0.15, 0.2) is 18.2 Å². The Morgan fingerprint density at radius 1 is 1.50 bits per heavy atom. The highest BCUT2D eigenvalue weighted by Crippen LogP contribution is 2.24. The Bertz CT molecular complexity index is 620. The number of carbonyl (C=O) groups is 1. The summed E-state index contributed by atoms with van der Waals surface area (Å²) < 4.78 is 40.5. The summed E-state index contributed by atoms with van der Waals surface area (Å²) in [5, 5.41) is 2.65. The standard InChI is InChI=1S/C12H13ClFNO4S/c13-10-5-8(14)1-2-11(10)19-6-12(16)15-9-3-4-20(17,18)7-9/h1-2,5,9H,3-4,6-7H2,(H,15,16). The van der Waals surface area contributed by atoms with Crippen molar-refractivity contribution in [3.63, 3.8) is 0 Å². The van der Waals surface area contributed by atoms with Gasteiger partial charge in [-0.25, -0.2) is 12.8 Å². The minimum Gasteiger partial charge on any atom is -0.482 e. The van der Waals surface area contributed by atoms with Gasteiger partial charge in [-0.2, -0.15) is 0 Å². The van der Waals surface area contributed by atoms with E-state index in [4.69, 9.17) is 16.3 Å². The van der Waals surface area contributed by atoms with E-state index in [9.17, 15) is 17.6 Å². The number of amides is 1. The second kappa shape index (κ2) is 5.97. The first-order valence-electron chi connectivity index (χ1n) is 5.93. The highest BCUT2D eigenvalue weighted by Gasteiger charge is 2.28. The molecule has 2 rings (SSSR count). The zero-order valence-electron chi connectivity index (χ0n) is 10.4. The van der Waals surface area contributed by atoms with Gasteiger partial charge in [-0.1, -0.05) is 11.6 Å². The van der Waals surface area contributed by atoms with Crippen molar-refractivity contribution in [2.24, 2.45) is 0 Å². The summed E-state index contributed by atoms with van der Waals surface area (Å²) >= 11 is 5.74. The molecule has 0 spiro atoms. The van der Waals surface area contributed by atoms with Gasteiger partial charge in [0.15, 0.2) is 16.4 Å². The lowest BCUT2D eigenvalue weighted by atomic mass is 10.2. The molecular weight excluding hydrogens is 309 g/mol. The maximum absolute atomic E-state index is 12.8. The first-order chi connectivity index (χ1) is 9.35. The molecule has 110 valence electrons. The minimum absolute atomic E-state index is 0.0456. The Balaban J connectivity index is 1.84. The van der Waals surface area contributed by atoms with Gasteiger partial charge in [0.05, 0.1) is 16.5 Å². The fraction of sp³-hybridized carbons (Fsp3) is 0.417. The van der Waals surface area contributed by atoms with Crippen LogP contribution in [-0.2, 0) is 14.6 Å². The van der Waals surface area contributed by atoms with E-state index < -0.39 is 21.6 Å². The number of halogens is 2. The number of ether oxygens (including phenoxy) is 1. The van der Waals surface area contributed by atoms with Crippen molar-refractivity contribution in [3.05, 3.63) is 29.0 Å². The Labute approximate surface area is 121 Å². The van der Waals surface area contributed by atoms with Gasteiger partial charge in [-0.15, -0.1) is 0 Å². The van der Waals surface area contributed by atoms with E-state index in [2.05, 4.69) is 5.32 Å². The highest BCUT2D eigenvalue weighted by atomic mass is 35.5. The molecular formula is C12H13ClFNO4S. The van der Waals surface area contributed by atoms with Crippen molar-refractivity contribution in [2.75, 3.05) is 18.1 Å². The van der Waals surface area contributed by atoms with Crippen LogP contribution in [-0.4, -0.2) is 38.5 Å². The second-order valence-electron chi connectivity index (χ2n) is 4.53. The lowest BCUT2D eigenvalue weighted by Crippen LogP contribution is -2.38. The van der Waals surface area contributed by atoms with Crippen molar-refractivity contribution in [1.82, 2.24) is 5.32 Å². The summed E-state index contributed by atoms with van der Waals surface area (Å²) in [6.07, 6.45) is 0.408. The monoisotopic (exact) mass is 321 g/mol. The van der Waals surface area contributed by atoms with E-state index in [0.29, 0.717) is 6.42 Å². The summed E-state index contributed by atoms with van der Waals surface area (Å²) in [7, 11) is -3.04. The van der Waals surface area contributed by atoms with Gasteiger partial charge in [0.25, 0.3) is 5.91 Å². The molecule has 20 heavy (non-hydrogen) atoms. The molecule has 1 heterocycles. The number of carbonyl (C=O) groups excluding carboxylic acids is 1. The van der Waals surface area contributed by atoms with E-state index in [0.717, 1.165) is 6.07 Å². The number of hydrogen-bond acceptors (Lipinski definition) is 4. The van der Waals surface area contributed by atoms with Gasteiger partial charge < -0.3 is 10.1 Å². The Morgan fingerprint density at radius 2 is 2.25 bits per heavy atom. The van der Waals surface area contributed by atoms with Crippen molar-refractivity contribution >= 4 is 27.3 Å². The second-order valence-corrected chi connectivity index (χ2v) is 7.17. The predicted molar refractivity (Wildman–Crippen MR) is 72.1 cm³/mol. The van der Waals surface area contributed by atoms with E-state index in [1.54, 1.807) is 0 Å². The zero-order chi connectivity index (χ0) is 14.8. The molecule has 0 aliphatic carbocycles. The smallest absolute Gasteiger partial charge is 0.258 e. The Hall–Kier alpha value is -1.34. The van der Waals surface area contributed by atoms with Crippen LogP contribution in [0.4, 0.5) is 4.39 Å². The molecule has 1 aromatic carbocycles. The lowest BCUT2D eigenvalue weighted by molar-refractivity contribution is -0.123. The molecule has 0 saturated carbocycles. The fourth-order valence-electron chi connectivity index (χ4n) is 1.91. The largest absolute Gasteiger partial charge is 0.482 e. The van der Waals surface area contributed by atoms with Crippen LogP contribution in [0.3, 0.4) is 0 Å². The quantitative estimate of drug-likeness (QED) is 0.903. The predicted octanol–water partition coefficient (Wildman–Crippen LogP) is 1.16. The molecule has 1 unspecified atom stereocenters. The van der Waals surface area contributed by atoms with E-state index in [1.807, 2.05) is 0 Å². The SMILES string of the molecule is O=C(COc1ccc(F)cc1Cl)NC1CCS(=O)(=O)C1. The van der Waals surface area contributed by atoms with Crippen molar-refractivity contribution in [3.8, 4) is 5.75 Å². The van der Waals surface area contributed by atoms with Gasteiger partial charge in [-0.3, -0.25) is 4.79 Å². The number of benzene rings is 1. The highest BCUT2D eigenvalue weighted by molar-refractivity contribution is 7.91. The molecule has 0 radical (unpaired) electrons. The summed E-state index contributed by atoms with van der Waals surface area (Å²) in [6.45, 7) is -0.304. The van der Waals surface area contributed by atoms with Crippen LogP contribution in [0.5, 0.6) is 5.75 Å². The molecule has 1 atom stereocenters. The van der Waals surface area contributed by atoms with E-state index in [1.165, 1.54) is 12.1 Å². The summed E-state index contributed by atoms with van der Waals surface area (Å²) in [5.74, 6) is -0.698. The lowest BCUT2D eigenvalue weighted by Gasteiger charge is -2.12. The van der Waals surface area contributed by atoms with Crippen molar-refractivity contribution < 1.29 is 22.3 Å². The third-order valence-electron chi connectivity index (χ3n) is 2.85. The number of nitrogens with one attached hydrogen (secondary N) is 1. The number of rotatable bonds is 4. The molecule has 1 aliphatic heterocycles. The van der Waals surface area contributed by atoms with Crippen LogP contribution < -0.4 is 10.1 Å². The van der Waals surface area contributed by atoms with Gasteiger partial charge in [-0.05, 0) is 24.6 Å². The Kier molecular flexibility index (Phi) is 4.49. The van der Waals surface area contributed by atoms with Crippen molar-refractivity contribution in [1.29, 1.82) is 0 Å². The number of sulfone groups is 1. The fourth-order valence-corrected chi connectivity index (χ4v) is 3.81. The van der Waals surface area contributed by atoms with Gasteiger partial charge in [0.1, 0.15) is 11.6 Å². The third-order valence-corrected chi connectivity index (χ3v) is 4.91. The van der Waals surface area contributed by atoms with Crippen molar-refractivity contribution in [2.45, 2.75) is 12.5 Å². The summed E-state index contributed by atoms with van der Waals surface area (Å²) in [5.41, 5.74) is 0. The zero-order valence-corrected chi connectivity index (χ0v) is 12.0. The van der Waals surface area contributed by atoms with Crippen LogP contribution in [0, 0.1) is 5.82 Å². The third kappa shape index (κ3) is 4.08. The van der Waals surface area contributed by atoms with Crippen LogP contribution >= 0.6 is 11.6 Å². The van der Waals surface area contributed by atoms with Gasteiger partial charge >= 0.3 is 0 Å². The molecule has 0 bridgehead atoms. The normalized spacial score (nSPS) is 20.6. The molecule has 1 aromatic rings. The maximum atomic E-state index is 12.8. The molecule has 1 fully saturated rings. The van der Waals surface area contributed by atoms with Crippen LogP contribution in [0.25, 0.3) is 0 Å². The summed E-state index contributed by atoms with van der Waals surface area (Å²) in [4.78, 5) is 11.6. The molecule has 5 nitrogen and oxygen atoms in total. The van der Waals surface area contributed by atoms with E-state index >= 15 is 0 Å². The molecule has 1 saturated heterocycles. The molecule has 8 heteroatoms. The molecule has 0 aromatic heterocycles. The molecule has 1 amide bonds. The van der Waals surface area contributed by atoms with Gasteiger partial charge in [0.2, 0.25) is 0 Å². The van der Waals surface area contributed by atoms with Gasteiger partial charge in [0, 0.05) is 6.04 Å². The summed E-state index contributed by atoms with van der Waals surface area (Å²) in [6, 6.07) is 3.20. The molecule has 1 aliphatic rings.